The Balaban J connectivity index is 2.34. The van der Waals surface area contributed by atoms with Crippen LogP contribution in [-0.4, -0.2) is 48.6 Å². The van der Waals surface area contributed by atoms with Crippen molar-refractivity contribution in [2.24, 2.45) is 0 Å². The van der Waals surface area contributed by atoms with E-state index in [9.17, 15) is 31.4 Å². The first-order valence-electron chi connectivity index (χ1n) is 6.35. The quantitative estimate of drug-likeness (QED) is 0.813. The Morgan fingerprint density at radius 1 is 1.00 bits per heavy atom. The van der Waals surface area contributed by atoms with Crippen molar-refractivity contribution in [1.29, 1.82) is 0 Å². The number of pyridine rings is 1. The van der Waals surface area contributed by atoms with Crippen LogP contribution in [-0.2, 0) is 5.60 Å². The molecule has 0 amide bonds. The Hall–Kier alpha value is -1.55. The molecule has 0 atom stereocenters. The van der Waals surface area contributed by atoms with Gasteiger partial charge in [0.15, 0.2) is 0 Å². The topological polar surface area (TPSA) is 48.4 Å². The van der Waals surface area contributed by atoms with Crippen molar-refractivity contribution in [2.75, 3.05) is 31.1 Å². The van der Waals surface area contributed by atoms with E-state index in [1.54, 1.807) is 4.90 Å². The Labute approximate surface area is 121 Å². The SMILES string of the molecule is OC(c1ccc(N2CCNCC2)nc1)(C(F)(F)F)C(F)(F)F. The minimum atomic E-state index is -5.90. The first-order valence-corrected chi connectivity index (χ1v) is 6.35. The van der Waals surface area contributed by atoms with E-state index in [0.29, 0.717) is 38.4 Å². The predicted molar refractivity (Wildman–Crippen MR) is 65.3 cm³/mol. The first kappa shape index (κ1) is 16.8. The lowest BCUT2D eigenvalue weighted by Gasteiger charge is -2.33. The van der Waals surface area contributed by atoms with E-state index in [1.807, 2.05) is 0 Å². The van der Waals surface area contributed by atoms with Crippen molar-refractivity contribution in [3.05, 3.63) is 23.9 Å². The molecule has 0 bridgehead atoms. The van der Waals surface area contributed by atoms with Gasteiger partial charge in [-0.3, -0.25) is 0 Å². The Bertz CT molecular complexity index is 493. The third-order valence-corrected chi connectivity index (χ3v) is 3.43. The highest BCUT2D eigenvalue weighted by Gasteiger charge is 2.71. The highest BCUT2D eigenvalue weighted by Crippen LogP contribution is 2.49. The molecule has 1 saturated heterocycles. The van der Waals surface area contributed by atoms with Crippen LogP contribution in [0.4, 0.5) is 32.2 Å². The molecule has 0 aliphatic carbocycles. The fourth-order valence-electron chi connectivity index (χ4n) is 2.17. The molecule has 0 radical (unpaired) electrons. The Kier molecular flexibility index (Phi) is 4.26. The van der Waals surface area contributed by atoms with Gasteiger partial charge in [0.25, 0.3) is 5.60 Å². The third-order valence-electron chi connectivity index (χ3n) is 3.43. The van der Waals surface area contributed by atoms with Gasteiger partial charge in [0, 0.05) is 37.9 Å². The Morgan fingerprint density at radius 2 is 1.55 bits per heavy atom. The molecule has 1 aromatic rings. The molecule has 22 heavy (non-hydrogen) atoms. The van der Waals surface area contributed by atoms with Crippen molar-refractivity contribution < 1.29 is 31.4 Å². The molecule has 10 heteroatoms. The number of anilines is 1. The highest BCUT2D eigenvalue weighted by molar-refractivity contribution is 5.41. The minimum Gasteiger partial charge on any atom is -0.369 e. The molecule has 0 unspecified atom stereocenters. The number of nitrogens with zero attached hydrogens (tertiary/aromatic N) is 2. The summed E-state index contributed by atoms with van der Waals surface area (Å²) >= 11 is 0. The maximum absolute atomic E-state index is 12.7. The number of halogens is 6. The number of hydrogen-bond donors (Lipinski definition) is 2. The maximum atomic E-state index is 12.7. The summed E-state index contributed by atoms with van der Waals surface area (Å²) in [6.45, 7) is 2.35. The normalized spacial score (nSPS) is 17.7. The molecule has 2 N–H and O–H groups in total. The molecular weight excluding hydrogens is 316 g/mol. The van der Waals surface area contributed by atoms with Crippen LogP contribution in [0.1, 0.15) is 5.56 Å². The van der Waals surface area contributed by atoms with E-state index >= 15 is 0 Å². The van der Waals surface area contributed by atoms with Gasteiger partial charge in [-0.2, -0.15) is 26.3 Å². The molecule has 2 rings (SSSR count). The molecule has 1 aliphatic heterocycles. The van der Waals surface area contributed by atoms with Gasteiger partial charge in [0.1, 0.15) is 5.82 Å². The Morgan fingerprint density at radius 3 is 1.95 bits per heavy atom. The number of hydrogen-bond acceptors (Lipinski definition) is 4. The van der Waals surface area contributed by atoms with Crippen LogP contribution in [0.15, 0.2) is 18.3 Å². The summed E-state index contributed by atoms with van der Waals surface area (Å²) in [6.07, 6.45) is -11.4. The maximum Gasteiger partial charge on any atom is 0.430 e. The summed E-state index contributed by atoms with van der Waals surface area (Å²) < 4.78 is 76.3. The van der Waals surface area contributed by atoms with Crippen LogP contribution in [0.3, 0.4) is 0 Å². The zero-order chi connectivity index (χ0) is 16.6. The molecule has 2 heterocycles. The summed E-state index contributed by atoms with van der Waals surface area (Å²) in [5, 5.41) is 12.3. The predicted octanol–water partition coefficient (Wildman–Crippen LogP) is 1.80. The van der Waals surface area contributed by atoms with Crippen molar-refractivity contribution in [3.63, 3.8) is 0 Å². The largest absolute Gasteiger partial charge is 0.430 e. The number of piperazine rings is 1. The zero-order valence-corrected chi connectivity index (χ0v) is 11.2. The van der Waals surface area contributed by atoms with E-state index in [-0.39, 0.29) is 5.82 Å². The average Bonchev–Trinajstić information content (AvgIpc) is 2.45. The van der Waals surface area contributed by atoms with Crippen LogP contribution >= 0.6 is 0 Å². The van der Waals surface area contributed by atoms with Crippen molar-refractivity contribution in [1.82, 2.24) is 10.3 Å². The van der Waals surface area contributed by atoms with E-state index in [0.717, 1.165) is 6.07 Å². The monoisotopic (exact) mass is 329 g/mol. The fraction of sp³-hybridized carbons (Fsp3) is 0.583. The second-order valence-corrected chi connectivity index (χ2v) is 4.85. The van der Waals surface area contributed by atoms with E-state index < -0.39 is 23.5 Å². The lowest BCUT2D eigenvalue weighted by molar-refractivity contribution is -0.376. The molecule has 0 spiro atoms. The molecule has 4 nitrogen and oxygen atoms in total. The third kappa shape index (κ3) is 2.84. The van der Waals surface area contributed by atoms with Crippen LogP contribution in [0.25, 0.3) is 0 Å². The van der Waals surface area contributed by atoms with E-state index in [4.69, 9.17) is 0 Å². The van der Waals surface area contributed by atoms with Gasteiger partial charge in [-0.25, -0.2) is 4.98 Å². The molecule has 124 valence electrons. The minimum absolute atomic E-state index is 0.261. The van der Waals surface area contributed by atoms with Gasteiger partial charge < -0.3 is 15.3 Å². The molecular formula is C12H13F6N3O. The van der Waals surface area contributed by atoms with Gasteiger partial charge in [-0.05, 0) is 6.07 Å². The van der Waals surface area contributed by atoms with Crippen LogP contribution < -0.4 is 10.2 Å². The van der Waals surface area contributed by atoms with Crippen LogP contribution in [0, 0.1) is 0 Å². The summed E-state index contributed by atoms with van der Waals surface area (Å²) in [6, 6.07) is 1.65. The van der Waals surface area contributed by atoms with Crippen LogP contribution in [0.2, 0.25) is 0 Å². The van der Waals surface area contributed by atoms with Crippen molar-refractivity contribution >= 4 is 5.82 Å². The molecule has 1 aromatic heterocycles. The number of aliphatic hydroxyl groups is 1. The zero-order valence-electron chi connectivity index (χ0n) is 11.2. The number of aromatic nitrogens is 1. The van der Waals surface area contributed by atoms with Gasteiger partial charge in [-0.1, -0.05) is 6.07 Å². The smallest absolute Gasteiger partial charge is 0.369 e. The standard InChI is InChI=1S/C12H13F6N3O/c13-11(14,15)10(22,12(16,17)18)8-1-2-9(20-7-8)21-5-3-19-4-6-21/h1-2,7,19,22H,3-6H2. The van der Waals surface area contributed by atoms with Gasteiger partial charge in [0.05, 0.1) is 0 Å². The van der Waals surface area contributed by atoms with Crippen molar-refractivity contribution in [2.45, 2.75) is 18.0 Å². The summed E-state index contributed by atoms with van der Waals surface area (Å²) in [5.74, 6) is 0.261. The van der Waals surface area contributed by atoms with Gasteiger partial charge in [0.2, 0.25) is 0 Å². The molecule has 0 saturated carbocycles. The molecule has 1 aliphatic rings. The van der Waals surface area contributed by atoms with Crippen molar-refractivity contribution in [3.8, 4) is 0 Å². The number of rotatable bonds is 2. The first-order chi connectivity index (χ1) is 10.1. The fourth-order valence-corrected chi connectivity index (χ4v) is 2.17. The summed E-state index contributed by atoms with van der Waals surface area (Å²) in [5.41, 5.74) is -6.29. The van der Waals surface area contributed by atoms with E-state index in [1.165, 1.54) is 0 Å². The second kappa shape index (κ2) is 5.58. The lowest BCUT2D eigenvalue weighted by atomic mass is 9.94. The summed E-state index contributed by atoms with van der Waals surface area (Å²) in [4.78, 5) is 5.36. The van der Waals surface area contributed by atoms with Gasteiger partial charge >= 0.3 is 12.4 Å². The number of nitrogens with one attached hydrogen (secondary N) is 1. The molecule has 0 aromatic carbocycles. The highest BCUT2D eigenvalue weighted by atomic mass is 19.4. The van der Waals surface area contributed by atoms with E-state index in [2.05, 4.69) is 10.3 Å². The van der Waals surface area contributed by atoms with Gasteiger partial charge in [-0.15, -0.1) is 0 Å². The average molecular weight is 329 g/mol. The summed E-state index contributed by atoms with van der Waals surface area (Å²) in [7, 11) is 0. The number of alkyl halides is 6. The second-order valence-electron chi connectivity index (χ2n) is 4.85. The molecule has 1 fully saturated rings. The van der Waals surface area contributed by atoms with Crippen LogP contribution in [0.5, 0.6) is 0 Å². The lowest BCUT2D eigenvalue weighted by Crippen LogP contribution is -2.54.